The number of anilines is 1. The Morgan fingerprint density at radius 1 is 0.776 bits per heavy atom. The zero-order valence-electron chi connectivity index (χ0n) is 27.2. The van der Waals surface area contributed by atoms with Crippen molar-refractivity contribution >= 4 is 5.69 Å². The summed E-state index contributed by atoms with van der Waals surface area (Å²) >= 11 is 0. The molecule has 1 fully saturated rings. The van der Waals surface area contributed by atoms with Crippen molar-refractivity contribution in [3.8, 4) is 11.6 Å². The van der Waals surface area contributed by atoms with E-state index in [-0.39, 0.29) is 11.7 Å². The minimum Gasteiger partial charge on any atom is -0.493 e. The minimum atomic E-state index is -4.93. The van der Waals surface area contributed by atoms with Crippen molar-refractivity contribution in [2.24, 2.45) is 5.92 Å². The standard InChI is InChI=1S/C40H38F3N3O3/c1-25(2)45-31-21-13-12-20-30(31)39(23-26-14-6-3-7-15-26,24-27-16-8-4-9-17-27)32(45)22-29-35(47)33(36(29)48)34-37(40(41,42)43)44-46(38(34)49)28-18-10-5-11-19-28/h3-22,25,29,33,35-36,47-49H,23-24H2,1-2H3. The van der Waals surface area contributed by atoms with E-state index in [4.69, 9.17) is 0 Å². The zero-order chi connectivity index (χ0) is 34.5. The first kappa shape index (κ1) is 32.7. The van der Waals surface area contributed by atoms with Crippen LogP contribution in [0.5, 0.6) is 5.88 Å². The van der Waals surface area contributed by atoms with E-state index in [0.29, 0.717) is 12.8 Å². The van der Waals surface area contributed by atoms with Gasteiger partial charge in [0.1, 0.15) is 0 Å². The van der Waals surface area contributed by atoms with Crippen LogP contribution in [0.2, 0.25) is 0 Å². The second kappa shape index (κ2) is 12.5. The Bertz CT molecular complexity index is 1910. The highest BCUT2D eigenvalue weighted by Crippen LogP contribution is 2.56. The fourth-order valence-corrected chi connectivity index (χ4v) is 7.85. The number of nitrogens with zero attached hydrogens (tertiary/aromatic N) is 3. The molecule has 49 heavy (non-hydrogen) atoms. The molecular formula is C40H38F3N3O3. The smallest absolute Gasteiger partial charge is 0.435 e. The van der Waals surface area contributed by atoms with Crippen LogP contribution in [-0.2, 0) is 24.4 Å². The quantitative estimate of drug-likeness (QED) is 0.159. The molecule has 0 radical (unpaired) electrons. The van der Waals surface area contributed by atoms with Gasteiger partial charge in [0, 0.05) is 34.7 Å². The van der Waals surface area contributed by atoms with Gasteiger partial charge in [-0.15, -0.1) is 0 Å². The Morgan fingerprint density at radius 3 is 1.82 bits per heavy atom. The van der Waals surface area contributed by atoms with E-state index in [1.54, 1.807) is 18.2 Å². The normalized spacial score (nSPS) is 22.4. The highest BCUT2D eigenvalue weighted by Gasteiger charge is 2.56. The van der Waals surface area contributed by atoms with Crippen molar-refractivity contribution in [3.63, 3.8) is 0 Å². The molecule has 0 bridgehead atoms. The minimum absolute atomic E-state index is 0.0176. The fourth-order valence-electron chi connectivity index (χ4n) is 7.85. The summed E-state index contributed by atoms with van der Waals surface area (Å²) < 4.78 is 44.0. The SMILES string of the molecule is CC(C)N1C(=CC2C(O)C(c3c(C(F)(F)F)nn(-c4ccccc4)c3O)C2O)C(Cc2ccccc2)(Cc2ccccc2)c2ccccc21. The molecule has 5 aromatic rings. The molecule has 1 aliphatic carbocycles. The molecule has 2 atom stereocenters. The van der Waals surface area contributed by atoms with Crippen LogP contribution in [0.1, 0.15) is 47.7 Å². The van der Waals surface area contributed by atoms with E-state index in [0.717, 1.165) is 32.8 Å². The third kappa shape index (κ3) is 5.60. The molecule has 7 rings (SSSR count). The molecule has 0 amide bonds. The summed E-state index contributed by atoms with van der Waals surface area (Å²) in [7, 11) is 0. The molecule has 0 spiro atoms. The third-order valence-electron chi connectivity index (χ3n) is 10.0. The maximum atomic E-state index is 14.4. The second-order valence-electron chi connectivity index (χ2n) is 13.4. The molecule has 1 aromatic heterocycles. The number of allylic oxidation sites excluding steroid dienone is 1. The number of hydrogen-bond donors (Lipinski definition) is 3. The highest BCUT2D eigenvalue weighted by atomic mass is 19.4. The van der Waals surface area contributed by atoms with Gasteiger partial charge in [-0.2, -0.15) is 18.3 Å². The van der Waals surface area contributed by atoms with Gasteiger partial charge >= 0.3 is 6.18 Å². The van der Waals surface area contributed by atoms with Gasteiger partial charge in [-0.1, -0.05) is 103 Å². The molecule has 252 valence electrons. The molecule has 2 aliphatic rings. The fraction of sp³-hybridized carbons (Fsp3) is 0.275. The van der Waals surface area contributed by atoms with E-state index >= 15 is 0 Å². The maximum Gasteiger partial charge on any atom is 0.435 e. The summed E-state index contributed by atoms with van der Waals surface area (Å²) in [6.07, 6.45) is -4.69. The Labute approximate surface area is 283 Å². The maximum absolute atomic E-state index is 14.4. The summed E-state index contributed by atoms with van der Waals surface area (Å²) in [6.45, 7) is 4.15. The molecule has 4 aromatic carbocycles. The van der Waals surface area contributed by atoms with Crippen molar-refractivity contribution in [3.05, 3.63) is 155 Å². The van der Waals surface area contributed by atoms with Crippen LogP contribution in [-0.4, -0.2) is 43.3 Å². The molecular weight excluding hydrogens is 627 g/mol. The largest absolute Gasteiger partial charge is 0.493 e. The van der Waals surface area contributed by atoms with Crippen molar-refractivity contribution in [2.75, 3.05) is 4.90 Å². The van der Waals surface area contributed by atoms with Crippen LogP contribution in [0, 0.1) is 5.92 Å². The number of alkyl halides is 3. The van der Waals surface area contributed by atoms with E-state index in [1.807, 2.05) is 54.6 Å². The van der Waals surface area contributed by atoms with Crippen molar-refractivity contribution in [2.45, 2.75) is 62.4 Å². The van der Waals surface area contributed by atoms with Crippen LogP contribution >= 0.6 is 0 Å². The number of aliphatic hydroxyl groups excluding tert-OH is 2. The first-order chi connectivity index (χ1) is 23.5. The molecule has 3 N–H and O–H groups in total. The summed E-state index contributed by atoms with van der Waals surface area (Å²) in [5, 5.41) is 38.3. The van der Waals surface area contributed by atoms with Gasteiger partial charge < -0.3 is 20.2 Å². The molecule has 2 heterocycles. The monoisotopic (exact) mass is 665 g/mol. The lowest BCUT2D eigenvalue weighted by atomic mass is 9.63. The lowest BCUT2D eigenvalue weighted by molar-refractivity contribution is -0.145. The topological polar surface area (TPSA) is 81.8 Å². The molecule has 0 saturated heterocycles. The number of hydrogen-bond acceptors (Lipinski definition) is 5. The van der Waals surface area contributed by atoms with Gasteiger partial charge in [-0.25, -0.2) is 4.68 Å². The lowest BCUT2D eigenvalue weighted by Gasteiger charge is -2.47. The predicted octanol–water partition coefficient (Wildman–Crippen LogP) is 7.57. The zero-order valence-corrected chi connectivity index (χ0v) is 27.2. The predicted molar refractivity (Wildman–Crippen MR) is 183 cm³/mol. The van der Waals surface area contributed by atoms with Gasteiger partial charge in [0.2, 0.25) is 5.88 Å². The summed E-state index contributed by atoms with van der Waals surface area (Å²) in [4.78, 5) is 2.22. The van der Waals surface area contributed by atoms with Crippen LogP contribution in [0.25, 0.3) is 5.69 Å². The van der Waals surface area contributed by atoms with Crippen molar-refractivity contribution in [1.82, 2.24) is 9.78 Å². The number of halogens is 3. The number of para-hydroxylation sites is 2. The molecule has 1 saturated carbocycles. The average molecular weight is 666 g/mol. The molecule has 1 aliphatic heterocycles. The summed E-state index contributed by atoms with van der Waals surface area (Å²) in [6, 6.07) is 36.4. The highest BCUT2D eigenvalue weighted by molar-refractivity contribution is 5.73. The number of aliphatic hydroxyl groups is 2. The Balaban J connectivity index is 1.36. The number of aromatic nitrogens is 2. The van der Waals surface area contributed by atoms with E-state index in [2.05, 4.69) is 60.2 Å². The summed E-state index contributed by atoms with van der Waals surface area (Å²) in [5.74, 6) is -3.08. The van der Waals surface area contributed by atoms with Crippen LogP contribution in [0.15, 0.2) is 127 Å². The Kier molecular flexibility index (Phi) is 8.37. The van der Waals surface area contributed by atoms with Crippen LogP contribution in [0.3, 0.4) is 0 Å². The average Bonchev–Trinajstić information content (AvgIpc) is 3.57. The third-order valence-corrected chi connectivity index (χ3v) is 10.0. The van der Waals surface area contributed by atoms with E-state index in [1.165, 1.54) is 12.1 Å². The van der Waals surface area contributed by atoms with Crippen LogP contribution < -0.4 is 4.90 Å². The van der Waals surface area contributed by atoms with Gasteiger partial charge in [0.15, 0.2) is 5.69 Å². The Hall–Kier alpha value is -4.86. The van der Waals surface area contributed by atoms with Gasteiger partial charge in [0.25, 0.3) is 0 Å². The number of aromatic hydroxyl groups is 1. The van der Waals surface area contributed by atoms with E-state index < -0.39 is 52.8 Å². The van der Waals surface area contributed by atoms with Crippen LogP contribution in [0.4, 0.5) is 18.9 Å². The lowest BCUT2D eigenvalue weighted by Crippen LogP contribution is -2.54. The number of fused-ring (bicyclic) bond motifs is 1. The molecule has 6 nitrogen and oxygen atoms in total. The number of rotatable bonds is 8. The van der Waals surface area contributed by atoms with E-state index in [9.17, 15) is 28.5 Å². The first-order valence-corrected chi connectivity index (χ1v) is 16.5. The number of benzene rings is 4. The molecule has 2 unspecified atom stereocenters. The second-order valence-corrected chi connectivity index (χ2v) is 13.4. The van der Waals surface area contributed by atoms with Gasteiger partial charge in [0.05, 0.1) is 23.5 Å². The Morgan fingerprint density at radius 2 is 1.29 bits per heavy atom. The molecule has 9 heteroatoms. The van der Waals surface area contributed by atoms with Gasteiger partial charge in [-0.05, 0) is 61.6 Å². The van der Waals surface area contributed by atoms with Crippen molar-refractivity contribution < 1.29 is 28.5 Å². The van der Waals surface area contributed by atoms with Gasteiger partial charge in [-0.3, -0.25) is 0 Å². The summed E-state index contributed by atoms with van der Waals surface area (Å²) in [5.41, 5.74) is 2.84. The first-order valence-electron chi connectivity index (χ1n) is 16.5. The van der Waals surface area contributed by atoms with Crippen molar-refractivity contribution in [1.29, 1.82) is 0 Å².